The molecule has 0 spiro atoms. The summed E-state index contributed by atoms with van der Waals surface area (Å²) >= 11 is 0. The average molecular weight is 691 g/mol. The maximum atomic E-state index is 17.0. The lowest BCUT2D eigenvalue weighted by Crippen LogP contribution is -2.47. The fourth-order valence-corrected chi connectivity index (χ4v) is 10.7. The van der Waals surface area contributed by atoms with Crippen LogP contribution in [0.4, 0.5) is 17.6 Å². The number of hydrogen-bond acceptors (Lipinski definition) is 1. The highest BCUT2D eigenvalue weighted by Crippen LogP contribution is 2.57. The van der Waals surface area contributed by atoms with Gasteiger partial charge in [-0.2, -0.15) is 0 Å². The Balaban J connectivity index is 1.42. The first-order valence-corrected chi connectivity index (χ1v) is 20.7. The van der Waals surface area contributed by atoms with Gasteiger partial charge in [0, 0.05) is 23.7 Å². The molecular formula is C44H70F4O. The van der Waals surface area contributed by atoms with E-state index in [1.165, 1.54) is 37.1 Å². The van der Waals surface area contributed by atoms with Crippen LogP contribution in [0.15, 0.2) is 48.1 Å². The third-order valence-corrected chi connectivity index (χ3v) is 13.1. The van der Waals surface area contributed by atoms with E-state index in [0.717, 1.165) is 116 Å². The summed E-state index contributed by atoms with van der Waals surface area (Å²) in [6.07, 6.45) is 31.4. The van der Waals surface area contributed by atoms with Gasteiger partial charge in [0.2, 0.25) is 0 Å². The molecule has 4 aliphatic carbocycles. The number of allylic oxidation sites excluding steroid dienone is 4. The monoisotopic (exact) mass is 691 g/mol. The van der Waals surface area contributed by atoms with Crippen LogP contribution in [-0.2, 0) is 4.74 Å². The molecule has 0 heterocycles. The Kier molecular flexibility index (Phi) is 15.6. The second-order valence-corrected chi connectivity index (χ2v) is 16.6. The van der Waals surface area contributed by atoms with Gasteiger partial charge in [-0.15, -0.1) is 0 Å². The summed E-state index contributed by atoms with van der Waals surface area (Å²) in [5.41, 5.74) is -4.49. The van der Waals surface area contributed by atoms with Gasteiger partial charge in [0.25, 0.3) is 0 Å². The fraction of sp³-hybridized carbons (Fsp3) is 0.818. The minimum atomic E-state index is -2.08. The Morgan fingerprint density at radius 1 is 0.592 bits per heavy atom. The van der Waals surface area contributed by atoms with Crippen molar-refractivity contribution in [2.45, 2.75) is 180 Å². The molecule has 2 saturated carbocycles. The quantitative estimate of drug-likeness (QED) is 0.0702. The Morgan fingerprint density at radius 2 is 0.980 bits per heavy atom. The minimum absolute atomic E-state index is 0.161. The second kappa shape index (κ2) is 18.9. The maximum absolute atomic E-state index is 17.0. The van der Waals surface area contributed by atoms with E-state index in [2.05, 4.69) is 27.7 Å². The largest absolute Gasteiger partial charge is 0.380 e. The molecule has 4 aliphatic rings. The minimum Gasteiger partial charge on any atom is -0.380 e. The lowest BCUT2D eigenvalue weighted by atomic mass is 9.57. The van der Waals surface area contributed by atoms with Crippen molar-refractivity contribution in [3.05, 3.63) is 48.1 Å². The standard InChI is InChI=1S/C44H70F4O/c1-5-9-13-19-37(41(23-7-3)25-15-11-16-26-41)43(47)29-21-35(31-39(43)45)33-49-34-36-22-30-44(48,40(46)32-36)38(20-14-10-6-2)42(24-8-4)27-17-12-18-28-42/h21-22,29-32,35-38H,5-20,23-28,33-34H2,1-4H3/t35-,36-,37?,38?,43+,44+/m1/s1. The van der Waals surface area contributed by atoms with Gasteiger partial charge in [0.05, 0.1) is 13.2 Å². The topological polar surface area (TPSA) is 9.23 Å². The van der Waals surface area contributed by atoms with Crippen LogP contribution in [0.25, 0.3) is 0 Å². The van der Waals surface area contributed by atoms with Gasteiger partial charge >= 0.3 is 0 Å². The Morgan fingerprint density at radius 3 is 1.31 bits per heavy atom. The molecule has 1 nitrogen and oxygen atoms in total. The molecule has 0 bridgehead atoms. The lowest BCUT2D eigenvalue weighted by Gasteiger charge is -2.49. The first-order chi connectivity index (χ1) is 23.6. The predicted octanol–water partition coefficient (Wildman–Crippen LogP) is 14.4. The molecule has 49 heavy (non-hydrogen) atoms. The summed E-state index contributed by atoms with van der Waals surface area (Å²) < 4.78 is 72.1. The summed E-state index contributed by atoms with van der Waals surface area (Å²) in [7, 11) is 0. The van der Waals surface area contributed by atoms with Crippen molar-refractivity contribution in [3.63, 3.8) is 0 Å². The van der Waals surface area contributed by atoms with E-state index in [1.54, 1.807) is 12.2 Å². The Hall–Kier alpha value is -1.36. The number of alkyl halides is 2. The van der Waals surface area contributed by atoms with Crippen LogP contribution in [0.5, 0.6) is 0 Å². The van der Waals surface area contributed by atoms with E-state index in [1.807, 2.05) is 0 Å². The fourth-order valence-electron chi connectivity index (χ4n) is 10.7. The van der Waals surface area contributed by atoms with Crippen molar-refractivity contribution in [1.29, 1.82) is 0 Å². The third-order valence-electron chi connectivity index (χ3n) is 13.1. The zero-order valence-electron chi connectivity index (χ0n) is 31.7. The number of rotatable bonds is 20. The van der Waals surface area contributed by atoms with Gasteiger partial charge < -0.3 is 4.74 Å². The van der Waals surface area contributed by atoms with Gasteiger partial charge in [0.15, 0.2) is 11.3 Å². The smallest absolute Gasteiger partial charge is 0.183 e. The van der Waals surface area contributed by atoms with Gasteiger partial charge in [-0.05, 0) is 86.5 Å². The van der Waals surface area contributed by atoms with Crippen LogP contribution in [0, 0.1) is 34.5 Å². The van der Waals surface area contributed by atoms with Crippen LogP contribution in [0.3, 0.4) is 0 Å². The molecule has 2 unspecified atom stereocenters. The molecule has 0 aromatic carbocycles. The number of halogens is 4. The van der Waals surface area contributed by atoms with Gasteiger partial charge in [-0.1, -0.05) is 130 Å². The lowest BCUT2D eigenvalue weighted by molar-refractivity contribution is -0.0143. The average Bonchev–Trinajstić information content (AvgIpc) is 3.09. The molecule has 0 N–H and O–H groups in total. The van der Waals surface area contributed by atoms with Crippen LogP contribution in [0.2, 0.25) is 0 Å². The van der Waals surface area contributed by atoms with E-state index in [4.69, 9.17) is 4.74 Å². The molecule has 280 valence electrons. The number of ether oxygens (including phenoxy) is 1. The van der Waals surface area contributed by atoms with Crippen LogP contribution < -0.4 is 0 Å². The van der Waals surface area contributed by atoms with Crippen molar-refractivity contribution < 1.29 is 22.3 Å². The first kappa shape index (κ1) is 40.4. The number of unbranched alkanes of at least 4 members (excludes halogenated alkanes) is 4. The van der Waals surface area contributed by atoms with Crippen molar-refractivity contribution in [1.82, 2.24) is 0 Å². The van der Waals surface area contributed by atoms with Crippen LogP contribution in [-0.4, -0.2) is 24.6 Å². The third kappa shape index (κ3) is 9.55. The molecule has 4 rings (SSSR count). The Labute approximate surface area is 297 Å². The SMILES string of the molecule is CCCCCC(C1(CCC)CCCCC1)[C@@]1(F)C=C[C@@H](COC[C@@H]2C=C[C@](F)(C(CCCCC)C3(CCC)CCCCC3)C(F)=C2)C=C1F. The molecule has 6 atom stereocenters. The van der Waals surface area contributed by atoms with Gasteiger partial charge in [0.1, 0.15) is 11.7 Å². The van der Waals surface area contributed by atoms with E-state index in [-0.39, 0.29) is 35.9 Å². The predicted molar refractivity (Wildman–Crippen MR) is 198 cm³/mol. The highest BCUT2D eigenvalue weighted by Gasteiger charge is 2.54. The zero-order valence-corrected chi connectivity index (χ0v) is 31.7. The molecule has 5 heteroatoms. The molecule has 0 saturated heterocycles. The molecule has 0 aromatic rings. The summed E-state index contributed by atoms with van der Waals surface area (Å²) in [4.78, 5) is 0. The van der Waals surface area contributed by atoms with E-state index in [9.17, 15) is 0 Å². The molecule has 0 radical (unpaired) electrons. The summed E-state index contributed by atoms with van der Waals surface area (Å²) in [6.45, 7) is 9.01. The number of hydrogen-bond donors (Lipinski definition) is 0. The van der Waals surface area contributed by atoms with Crippen molar-refractivity contribution in [3.8, 4) is 0 Å². The summed E-state index contributed by atoms with van der Waals surface area (Å²) in [6, 6.07) is 0. The maximum Gasteiger partial charge on any atom is 0.183 e. The Bertz CT molecular complexity index is 1010. The molecule has 0 amide bonds. The zero-order chi connectivity index (χ0) is 35.4. The normalized spacial score (nSPS) is 30.9. The van der Waals surface area contributed by atoms with Crippen molar-refractivity contribution in [2.24, 2.45) is 34.5 Å². The van der Waals surface area contributed by atoms with Crippen molar-refractivity contribution in [2.75, 3.05) is 13.2 Å². The summed E-state index contributed by atoms with van der Waals surface area (Å²) in [5.74, 6) is -2.85. The highest BCUT2D eigenvalue weighted by molar-refractivity contribution is 5.32. The van der Waals surface area contributed by atoms with Crippen molar-refractivity contribution >= 4 is 0 Å². The van der Waals surface area contributed by atoms with E-state index >= 15 is 17.6 Å². The van der Waals surface area contributed by atoms with Crippen LogP contribution >= 0.6 is 0 Å². The molecule has 2 fully saturated rings. The summed E-state index contributed by atoms with van der Waals surface area (Å²) in [5, 5.41) is 0. The molecular weight excluding hydrogens is 620 g/mol. The first-order valence-electron chi connectivity index (χ1n) is 20.7. The van der Waals surface area contributed by atoms with Gasteiger partial charge in [-0.3, -0.25) is 0 Å². The highest BCUT2D eigenvalue weighted by atomic mass is 19.2. The molecule has 0 aromatic heterocycles. The molecule has 0 aliphatic heterocycles. The van der Waals surface area contributed by atoms with Gasteiger partial charge in [-0.25, -0.2) is 17.6 Å². The van der Waals surface area contributed by atoms with E-state index < -0.39 is 34.8 Å². The van der Waals surface area contributed by atoms with E-state index in [0.29, 0.717) is 12.8 Å². The second-order valence-electron chi connectivity index (χ2n) is 16.6. The van der Waals surface area contributed by atoms with Crippen LogP contribution in [0.1, 0.15) is 169 Å².